The van der Waals surface area contributed by atoms with Crippen molar-refractivity contribution in [3.8, 4) is 6.07 Å². The summed E-state index contributed by atoms with van der Waals surface area (Å²) in [5, 5.41) is 8.81. The van der Waals surface area contributed by atoms with Crippen molar-refractivity contribution >= 4 is 0 Å². The minimum Gasteiger partial charge on any atom is -0.305 e. The molecule has 13 heavy (non-hydrogen) atoms. The van der Waals surface area contributed by atoms with Gasteiger partial charge < -0.3 is 4.90 Å². The van der Waals surface area contributed by atoms with Crippen LogP contribution >= 0.6 is 0 Å². The van der Waals surface area contributed by atoms with Crippen molar-refractivity contribution in [3.63, 3.8) is 0 Å². The Labute approximate surface area is 79.4 Å². The fraction of sp³-hybridized carbons (Fsp3) is 0.364. The van der Waals surface area contributed by atoms with Crippen molar-refractivity contribution in [3.05, 3.63) is 34.9 Å². The summed E-state index contributed by atoms with van der Waals surface area (Å²) in [7, 11) is 4.04. The molecule has 68 valence electrons. The molecule has 0 spiro atoms. The van der Waals surface area contributed by atoms with E-state index in [0.29, 0.717) is 0 Å². The SMILES string of the molecule is Cc1ccc(CN(C)C)cc1C#N. The van der Waals surface area contributed by atoms with Gasteiger partial charge in [-0.3, -0.25) is 0 Å². The van der Waals surface area contributed by atoms with E-state index in [-0.39, 0.29) is 0 Å². The number of aryl methyl sites for hydroxylation is 1. The van der Waals surface area contributed by atoms with Crippen molar-refractivity contribution in [1.82, 2.24) is 4.90 Å². The standard InChI is InChI=1S/C11H14N2/c1-9-4-5-10(8-13(2)3)6-11(9)7-12/h4-6H,8H2,1-3H3. The molecule has 0 aliphatic rings. The Morgan fingerprint density at radius 3 is 2.62 bits per heavy atom. The van der Waals surface area contributed by atoms with E-state index >= 15 is 0 Å². The van der Waals surface area contributed by atoms with Gasteiger partial charge in [-0.05, 0) is 38.2 Å². The van der Waals surface area contributed by atoms with Crippen LogP contribution in [0.5, 0.6) is 0 Å². The van der Waals surface area contributed by atoms with Crippen LogP contribution in [0.15, 0.2) is 18.2 Å². The summed E-state index contributed by atoms with van der Waals surface area (Å²) >= 11 is 0. The lowest BCUT2D eigenvalue weighted by Gasteiger charge is -2.10. The molecule has 0 saturated heterocycles. The predicted octanol–water partition coefficient (Wildman–Crippen LogP) is 1.93. The summed E-state index contributed by atoms with van der Waals surface area (Å²) in [6.45, 7) is 2.84. The van der Waals surface area contributed by atoms with Crippen molar-refractivity contribution in [2.24, 2.45) is 0 Å². The third-order valence-corrected chi connectivity index (χ3v) is 1.92. The highest BCUT2D eigenvalue weighted by molar-refractivity contribution is 5.39. The van der Waals surface area contributed by atoms with Gasteiger partial charge in [0.05, 0.1) is 11.6 Å². The monoisotopic (exact) mass is 174 g/mol. The summed E-state index contributed by atoms with van der Waals surface area (Å²) < 4.78 is 0. The van der Waals surface area contributed by atoms with Gasteiger partial charge in [-0.25, -0.2) is 0 Å². The van der Waals surface area contributed by atoms with Crippen molar-refractivity contribution in [2.45, 2.75) is 13.5 Å². The lowest BCUT2D eigenvalue weighted by Crippen LogP contribution is -2.10. The number of rotatable bonds is 2. The zero-order valence-electron chi connectivity index (χ0n) is 8.33. The van der Waals surface area contributed by atoms with E-state index in [1.165, 1.54) is 5.56 Å². The lowest BCUT2D eigenvalue weighted by atomic mass is 10.1. The summed E-state index contributed by atoms with van der Waals surface area (Å²) in [6, 6.07) is 8.21. The average molecular weight is 174 g/mol. The van der Waals surface area contributed by atoms with Crippen LogP contribution in [0.25, 0.3) is 0 Å². The molecule has 1 rings (SSSR count). The summed E-state index contributed by atoms with van der Waals surface area (Å²) in [4.78, 5) is 2.09. The van der Waals surface area contributed by atoms with E-state index in [0.717, 1.165) is 17.7 Å². The first-order valence-corrected chi connectivity index (χ1v) is 4.28. The fourth-order valence-electron chi connectivity index (χ4n) is 1.25. The molecule has 0 fully saturated rings. The molecule has 0 atom stereocenters. The van der Waals surface area contributed by atoms with Crippen LogP contribution in [0, 0.1) is 18.3 Å². The van der Waals surface area contributed by atoms with Crippen molar-refractivity contribution in [1.29, 1.82) is 5.26 Å². The maximum atomic E-state index is 8.81. The van der Waals surface area contributed by atoms with Gasteiger partial charge in [0.2, 0.25) is 0 Å². The molecule has 0 aliphatic carbocycles. The van der Waals surface area contributed by atoms with Gasteiger partial charge in [0.15, 0.2) is 0 Å². The Morgan fingerprint density at radius 2 is 2.08 bits per heavy atom. The molecule has 0 bridgehead atoms. The molecule has 0 heterocycles. The summed E-state index contributed by atoms with van der Waals surface area (Å²) in [5.41, 5.74) is 3.01. The minimum atomic E-state index is 0.777. The predicted molar refractivity (Wildman–Crippen MR) is 53.3 cm³/mol. The molecule has 0 amide bonds. The molecule has 0 aliphatic heterocycles. The molecular weight excluding hydrogens is 160 g/mol. The third kappa shape index (κ3) is 2.57. The maximum Gasteiger partial charge on any atom is 0.0994 e. The van der Waals surface area contributed by atoms with Crippen LogP contribution in [0.4, 0.5) is 0 Å². The Morgan fingerprint density at radius 1 is 1.38 bits per heavy atom. The molecule has 0 radical (unpaired) electrons. The molecule has 1 aromatic rings. The number of benzene rings is 1. The largest absolute Gasteiger partial charge is 0.305 e. The third-order valence-electron chi connectivity index (χ3n) is 1.92. The van der Waals surface area contributed by atoms with Crippen LogP contribution in [-0.4, -0.2) is 19.0 Å². The average Bonchev–Trinajstić information content (AvgIpc) is 2.07. The quantitative estimate of drug-likeness (QED) is 0.685. The fourth-order valence-corrected chi connectivity index (χ4v) is 1.25. The van der Waals surface area contributed by atoms with Gasteiger partial charge in [-0.15, -0.1) is 0 Å². The second-order valence-corrected chi connectivity index (χ2v) is 3.50. The van der Waals surface area contributed by atoms with Gasteiger partial charge in [-0.1, -0.05) is 12.1 Å². The summed E-state index contributed by atoms with van der Waals surface area (Å²) in [5.74, 6) is 0. The normalized spacial score (nSPS) is 10.1. The first-order chi connectivity index (χ1) is 6.13. The van der Waals surface area contributed by atoms with Crippen molar-refractivity contribution in [2.75, 3.05) is 14.1 Å². The van der Waals surface area contributed by atoms with Crippen LogP contribution < -0.4 is 0 Å². The molecule has 1 aromatic carbocycles. The zero-order chi connectivity index (χ0) is 9.84. The highest BCUT2D eigenvalue weighted by atomic mass is 15.0. The van der Waals surface area contributed by atoms with Gasteiger partial charge >= 0.3 is 0 Å². The highest BCUT2D eigenvalue weighted by Crippen LogP contribution is 2.10. The van der Waals surface area contributed by atoms with E-state index in [9.17, 15) is 0 Å². The molecule has 0 unspecified atom stereocenters. The van der Waals surface area contributed by atoms with E-state index in [1.54, 1.807) is 0 Å². The topological polar surface area (TPSA) is 27.0 Å². The molecule has 0 N–H and O–H groups in total. The zero-order valence-corrected chi connectivity index (χ0v) is 8.33. The van der Waals surface area contributed by atoms with Crippen LogP contribution in [0.2, 0.25) is 0 Å². The number of hydrogen-bond donors (Lipinski definition) is 0. The summed E-state index contributed by atoms with van der Waals surface area (Å²) in [6.07, 6.45) is 0. The minimum absolute atomic E-state index is 0.777. The van der Waals surface area contributed by atoms with Crippen LogP contribution in [0.1, 0.15) is 16.7 Å². The van der Waals surface area contributed by atoms with E-state index in [1.807, 2.05) is 33.2 Å². The number of hydrogen-bond acceptors (Lipinski definition) is 2. The van der Waals surface area contributed by atoms with Gasteiger partial charge in [0.1, 0.15) is 0 Å². The second-order valence-electron chi connectivity index (χ2n) is 3.50. The van der Waals surface area contributed by atoms with Crippen LogP contribution in [0.3, 0.4) is 0 Å². The Bertz CT molecular complexity index is 334. The number of nitrogens with zero attached hydrogens (tertiary/aromatic N) is 2. The van der Waals surface area contributed by atoms with Crippen molar-refractivity contribution < 1.29 is 0 Å². The van der Waals surface area contributed by atoms with E-state index < -0.39 is 0 Å². The van der Waals surface area contributed by atoms with Gasteiger partial charge in [-0.2, -0.15) is 5.26 Å². The molecule has 0 saturated carbocycles. The second kappa shape index (κ2) is 4.06. The van der Waals surface area contributed by atoms with E-state index in [2.05, 4.69) is 17.0 Å². The smallest absolute Gasteiger partial charge is 0.0994 e. The number of nitriles is 1. The first kappa shape index (κ1) is 9.76. The van der Waals surface area contributed by atoms with Gasteiger partial charge in [0.25, 0.3) is 0 Å². The molecule has 2 heteroatoms. The van der Waals surface area contributed by atoms with E-state index in [4.69, 9.17) is 5.26 Å². The Hall–Kier alpha value is -1.33. The first-order valence-electron chi connectivity index (χ1n) is 4.28. The molecular formula is C11H14N2. The Kier molecular flexibility index (Phi) is 3.05. The lowest BCUT2D eigenvalue weighted by molar-refractivity contribution is 0.402. The molecule has 0 aromatic heterocycles. The van der Waals surface area contributed by atoms with Gasteiger partial charge in [0, 0.05) is 6.54 Å². The highest BCUT2D eigenvalue weighted by Gasteiger charge is 1.99. The Balaban J connectivity index is 2.95. The molecule has 2 nitrogen and oxygen atoms in total. The van der Waals surface area contributed by atoms with Crippen LogP contribution in [-0.2, 0) is 6.54 Å². The maximum absolute atomic E-state index is 8.81.